The number of carbonyl (C=O) groups excluding carboxylic acids is 2. The highest BCUT2D eigenvalue weighted by atomic mass is 35.5. The van der Waals surface area contributed by atoms with Crippen LogP contribution < -0.4 is 10.6 Å². The summed E-state index contributed by atoms with van der Waals surface area (Å²) in [6.07, 6.45) is 1.64. The summed E-state index contributed by atoms with van der Waals surface area (Å²) in [5, 5.41) is 12.1. The SMILES string of the molecule is CCN(CC)C(=O)c1sc(NC(=S)Nc2nn(Cc3ccc(Cl)c(Cl)c3)cc2Cl)c(C(=O)OC)c1C. The number of thiophene rings is 1. The molecule has 2 N–H and O–H groups in total. The Kier molecular flexibility index (Phi) is 9.59. The Hall–Kier alpha value is -2.37. The lowest BCUT2D eigenvalue weighted by Crippen LogP contribution is -2.30. The molecule has 0 fully saturated rings. The van der Waals surface area contributed by atoms with E-state index in [1.807, 2.05) is 19.9 Å². The molecule has 1 amide bonds. The first-order valence-electron chi connectivity index (χ1n) is 10.8. The molecule has 1 aromatic carbocycles. The molecule has 0 aliphatic rings. The molecule has 3 aromatic rings. The van der Waals surface area contributed by atoms with Gasteiger partial charge in [0.2, 0.25) is 0 Å². The van der Waals surface area contributed by atoms with Gasteiger partial charge in [-0.25, -0.2) is 4.79 Å². The van der Waals surface area contributed by atoms with Gasteiger partial charge in [-0.1, -0.05) is 40.9 Å². The van der Waals surface area contributed by atoms with Gasteiger partial charge in [0.05, 0.1) is 34.1 Å². The van der Waals surface area contributed by atoms with Crippen molar-refractivity contribution in [3.05, 3.63) is 61.0 Å². The third kappa shape index (κ3) is 6.30. The Morgan fingerprint density at radius 1 is 1.14 bits per heavy atom. The lowest BCUT2D eigenvalue weighted by molar-refractivity contribution is 0.0601. The van der Waals surface area contributed by atoms with Crippen LogP contribution in [-0.2, 0) is 11.3 Å². The summed E-state index contributed by atoms with van der Waals surface area (Å²) in [6.45, 7) is 7.01. The highest BCUT2D eigenvalue weighted by Gasteiger charge is 2.27. The Labute approximate surface area is 233 Å². The van der Waals surface area contributed by atoms with Crippen molar-refractivity contribution in [1.29, 1.82) is 0 Å². The number of hydrogen-bond acceptors (Lipinski definition) is 6. The van der Waals surface area contributed by atoms with Crippen LogP contribution in [0.1, 0.15) is 45.0 Å². The maximum Gasteiger partial charge on any atom is 0.341 e. The van der Waals surface area contributed by atoms with Gasteiger partial charge in [-0.15, -0.1) is 11.3 Å². The van der Waals surface area contributed by atoms with Crippen molar-refractivity contribution in [1.82, 2.24) is 14.7 Å². The van der Waals surface area contributed by atoms with E-state index in [9.17, 15) is 9.59 Å². The van der Waals surface area contributed by atoms with Gasteiger partial charge >= 0.3 is 5.97 Å². The topological polar surface area (TPSA) is 88.5 Å². The molecular formula is C23H24Cl3N5O3S2. The lowest BCUT2D eigenvalue weighted by atomic mass is 10.1. The second-order valence-corrected chi connectivity index (χ2v) is 10.2. The number of esters is 1. The number of anilines is 2. The number of methoxy groups -OCH3 is 1. The van der Waals surface area contributed by atoms with Gasteiger partial charge in [0.1, 0.15) is 10.0 Å². The Morgan fingerprint density at radius 2 is 1.83 bits per heavy atom. The molecule has 0 aliphatic heterocycles. The van der Waals surface area contributed by atoms with Crippen LogP contribution in [0.3, 0.4) is 0 Å². The fraction of sp³-hybridized carbons (Fsp3) is 0.304. The zero-order valence-electron chi connectivity index (χ0n) is 19.9. The van der Waals surface area contributed by atoms with Crippen LogP contribution in [0.25, 0.3) is 0 Å². The third-order valence-corrected chi connectivity index (χ3v) is 7.70. The molecule has 0 saturated heterocycles. The Bertz CT molecular complexity index is 1300. The Balaban J connectivity index is 1.80. The zero-order valence-corrected chi connectivity index (χ0v) is 23.8. The second kappa shape index (κ2) is 12.2. The lowest BCUT2D eigenvalue weighted by Gasteiger charge is -2.17. The zero-order chi connectivity index (χ0) is 26.6. The van der Waals surface area contributed by atoms with E-state index >= 15 is 0 Å². The van der Waals surface area contributed by atoms with Crippen molar-refractivity contribution in [2.24, 2.45) is 0 Å². The number of hydrogen-bond donors (Lipinski definition) is 2. The average Bonchev–Trinajstić information content (AvgIpc) is 3.34. The van der Waals surface area contributed by atoms with E-state index in [4.69, 9.17) is 51.8 Å². The molecule has 2 aromatic heterocycles. The molecule has 0 atom stereocenters. The monoisotopic (exact) mass is 587 g/mol. The van der Waals surface area contributed by atoms with Crippen LogP contribution >= 0.6 is 58.4 Å². The van der Waals surface area contributed by atoms with Gasteiger partial charge < -0.3 is 20.3 Å². The molecule has 0 aliphatic carbocycles. The van der Waals surface area contributed by atoms with Crippen molar-refractivity contribution < 1.29 is 14.3 Å². The van der Waals surface area contributed by atoms with E-state index in [-0.39, 0.29) is 16.6 Å². The molecule has 192 valence electrons. The molecule has 0 bridgehead atoms. The minimum absolute atomic E-state index is 0.143. The van der Waals surface area contributed by atoms with Crippen molar-refractivity contribution in [3.8, 4) is 0 Å². The summed E-state index contributed by atoms with van der Waals surface area (Å²) in [6, 6.07) is 5.31. The highest BCUT2D eigenvalue weighted by Crippen LogP contribution is 2.35. The molecule has 2 heterocycles. The summed E-state index contributed by atoms with van der Waals surface area (Å²) in [5.74, 6) is -0.415. The van der Waals surface area contributed by atoms with Crippen LogP contribution in [0.15, 0.2) is 24.4 Å². The van der Waals surface area contributed by atoms with E-state index in [2.05, 4.69) is 15.7 Å². The molecule has 3 rings (SSSR count). The molecule has 0 spiro atoms. The van der Waals surface area contributed by atoms with E-state index < -0.39 is 5.97 Å². The van der Waals surface area contributed by atoms with E-state index in [1.165, 1.54) is 7.11 Å². The summed E-state index contributed by atoms with van der Waals surface area (Å²) < 4.78 is 6.57. The van der Waals surface area contributed by atoms with Gasteiger partial charge in [0, 0.05) is 19.3 Å². The fourth-order valence-electron chi connectivity index (χ4n) is 3.44. The maximum atomic E-state index is 13.0. The number of thiocarbonyl (C=S) groups is 1. The molecule has 0 saturated carbocycles. The summed E-state index contributed by atoms with van der Waals surface area (Å²) in [4.78, 5) is 27.6. The van der Waals surface area contributed by atoms with Crippen LogP contribution in [0, 0.1) is 6.92 Å². The predicted molar refractivity (Wildman–Crippen MR) is 150 cm³/mol. The van der Waals surface area contributed by atoms with Gasteiger partial charge in [-0.05, 0) is 56.2 Å². The molecule has 8 nitrogen and oxygen atoms in total. The van der Waals surface area contributed by atoms with Gasteiger partial charge in [-0.3, -0.25) is 9.48 Å². The first-order chi connectivity index (χ1) is 17.1. The van der Waals surface area contributed by atoms with Crippen molar-refractivity contribution in [3.63, 3.8) is 0 Å². The first kappa shape index (κ1) is 28.2. The smallest absolute Gasteiger partial charge is 0.341 e. The average molecular weight is 589 g/mol. The summed E-state index contributed by atoms with van der Waals surface area (Å²) in [5.41, 5.74) is 1.66. The van der Waals surface area contributed by atoms with Crippen molar-refractivity contribution in [2.45, 2.75) is 27.3 Å². The van der Waals surface area contributed by atoms with Crippen LogP contribution in [0.4, 0.5) is 10.8 Å². The quantitative estimate of drug-likeness (QED) is 0.234. The normalized spacial score (nSPS) is 10.8. The number of ether oxygens (including phenoxy) is 1. The molecule has 0 radical (unpaired) electrons. The van der Waals surface area contributed by atoms with Crippen LogP contribution in [0.5, 0.6) is 0 Å². The van der Waals surface area contributed by atoms with E-state index in [1.54, 1.807) is 34.8 Å². The number of carbonyl (C=O) groups is 2. The minimum atomic E-state index is -0.573. The molecule has 36 heavy (non-hydrogen) atoms. The largest absolute Gasteiger partial charge is 0.465 e. The number of halogens is 3. The highest BCUT2D eigenvalue weighted by molar-refractivity contribution is 7.80. The number of nitrogens with one attached hydrogen (secondary N) is 2. The van der Waals surface area contributed by atoms with Gasteiger partial charge in [0.25, 0.3) is 5.91 Å². The van der Waals surface area contributed by atoms with Crippen molar-refractivity contribution in [2.75, 3.05) is 30.8 Å². The van der Waals surface area contributed by atoms with Gasteiger partial charge in [0.15, 0.2) is 10.9 Å². The summed E-state index contributed by atoms with van der Waals surface area (Å²) in [7, 11) is 1.28. The first-order valence-corrected chi connectivity index (χ1v) is 13.2. The second-order valence-electron chi connectivity index (χ2n) is 7.58. The van der Waals surface area contributed by atoms with Crippen LogP contribution in [-0.4, -0.2) is 51.9 Å². The van der Waals surface area contributed by atoms with E-state index in [0.29, 0.717) is 56.0 Å². The van der Waals surface area contributed by atoms with E-state index in [0.717, 1.165) is 16.9 Å². The number of amides is 1. The Morgan fingerprint density at radius 3 is 2.44 bits per heavy atom. The number of rotatable bonds is 8. The number of aromatic nitrogens is 2. The predicted octanol–water partition coefficient (Wildman–Crippen LogP) is 6.34. The minimum Gasteiger partial charge on any atom is -0.465 e. The number of nitrogens with zero attached hydrogens (tertiary/aromatic N) is 3. The van der Waals surface area contributed by atoms with Crippen LogP contribution in [0.2, 0.25) is 15.1 Å². The third-order valence-electron chi connectivity index (χ3n) is 5.29. The summed E-state index contributed by atoms with van der Waals surface area (Å²) >= 11 is 25.0. The van der Waals surface area contributed by atoms with Crippen molar-refractivity contribution >= 4 is 86.2 Å². The fourth-order valence-corrected chi connectivity index (χ4v) is 5.39. The number of benzene rings is 1. The maximum absolute atomic E-state index is 13.0. The molecule has 0 unspecified atom stereocenters. The molecule has 13 heteroatoms. The molecular weight excluding hydrogens is 565 g/mol. The van der Waals surface area contributed by atoms with Gasteiger partial charge in [-0.2, -0.15) is 5.10 Å². The standard InChI is InChI=1S/C23H24Cl3N5O3S2/c1-5-30(6-2)21(32)18-12(3)17(22(33)34-4)20(36-18)28-23(35)27-19-16(26)11-31(29-19)10-13-7-8-14(24)15(25)9-13/h7-9,11H,5-6,10H2,1-4H3,(H2,27,28,29,35).